The fraction of sp³-hybridized carbons (Fsp3) is 0.400. The molecule has 0 amide bonds. The predicted octanol–water partition coefficient (Wildman–Crippen LogP) is 3.25. The van der Waals surface area contributed by atoms with Gasteiger partial charge >= 0.3 is 0 Å². The number of rotatable bonds is 1. The Morgan fingerprint density at radius 3 is 2.64 bits per heavy atom. The van der Waals surface area contributed by atoms with Gasteiger partial charge in [-0.2, -0.15) is 11.8 Å². The van der Waals surface area contributed by atoms with E-state index in [0.29, 0.717) is 0 Å². The quantitative estimate of drug-likeness (QED) is 0.614. The summed E-state index contributed by atoms with van der Waals surface area (Å²) < 4.78 is 0. The summed E-state index contributed by atoms with van der Waals surface area (Å²) in [7, 11) is 0. The number of benzene rings is 1. The standard InChI is InChI=1S/C10H12S/c1-2-5-9(6-3-1)10-7-4-8-11-10/h1-3,5-6,10H,4,7-8H2. The van der Waals surface area contributed by atoms with Gasteiger partial charge in [-0.05, 0) is 24.2 Å². The molecule has 1 fully saturated rings. The Hall–Kier alpha value is -0.430. The first-order valence-electron chi connectivity index (χ1n) is 4.13. The first-order valence-corrected chi connectivity index (χ1v) is 5.18. The first kappa shape index (κ1) is 7.23. The summed E-state index contributed by atoms with van der Waals surface area (Å²) >= 11 is 2.10. The molecule has 0 saturated carbocycles. The molecule has 0 N–H and O–H groups in total. The Kier molecular flexibility index (Phi) is 2.18. The summed E-state index contributed by atoms with van der Waals surface area (Å²) in [5.41, 5.74) is 1.51. The van der Waals surface area contributed by atoms with Crippen molar-refractivity contribution >= 4 is 11.8 Å². The van der Waals surface area contributed by atoms with E-state index in [1.165, 1.54) is 24.2 Å². The van der Waals surface area contributed by atoms with Gasteiger partial charge in [-0.1, -0.05) is 30.3 Å². The van der Waals surface area contributed by atoms with Crippen molar-refractivity contribution in [3.8, 4) is 0 Å². The molecule has 0 aliphatic carbocycles. The van der Waals surface area contributed by atoms with Crippen LogP contribution >= 0.6 is 11.8 Å². The third kappa shape index (κ3) is 1.59. The molecule has 0 nitrogen and oxygen atoms in total. The second kappa shape index (κ2) is 3.31. The molecular formula is C10H12S. The largest absolute Gasteiger partial charge is 0.154 e. The molecule has 1 aromatic rings. The van der Waals surface area contributed by atoms with Crippen molar-refractivity contribution in [2.45, 2.75) is 18.1 Å². The second-order valence-corrected chi connectivity index (χ2v) is 4.22. The van der Waals surface area contributed by atoms with Crippen LogP contribution in [0.1, 0.15) is 23.7 Å². The SMILES string of the molecule is c1ccc(C2CCCS2)cc1. The summed E-state index contributed by atoms with van der Waals surface area (Å²) in [6.45, 7) is 0. The molecule has 0 spiro atoms. The topological polar surface area (TPSA) is 0 Å². The molecule has 2 rings (SSSR count). The van der Waals surface area contributed by atoms with Gasteiger partial charge in [0, 0.05) is 5.25 Å². The van der Waals surface area contributed by atoms with Crippen LogP contribution in [0.5, 0.6) is 0 Å². The Balaban J connectivity index is 2.16. The Bertz CT molecular complexity index is 212. The smallest absolute Gasteiger partial charge is 0.0297 e. The minimum Gasteiger partial charge on any atom is -0.154 e. The summed E-state index contributed by atoms with van der Waals surface area (Å²) in [6.07, 6.45) is 2.76. The zero-order chi connectivity index (χ0) is 7.52. The maximum absolute atomic E-state index is 2.24. The molecule has 1 aliphatic heterocycles. The van der Waals surface area contributed by atoms with Crippen LogP contribution in [0.15, 0.2) is 30.3 Å². The van der Waals surface area contributed by atoms with E-state index >= 15 is 0 Å². The van der Waals surface area contributed by atoms with E-state index in [1.807, 2.05) is 0 Å². The molecule has 1 aliphatic rings. The molecule has 1 aromatic carbocycles. The summed E-state index contributed by atoms with van der Waals surface area (Å²) in [6, 6.07) is 10.8. The van der Waals surface area contributed by atoms with Crippen molar-refractivity contribution in [2.75, 3.05) is 5.75 Å². The van der Waals surface area contributed by atoms with Crippen molar-refractivity contribution in [1.82, 2.24) is 0 Å². The number of hydrogen-bond acceptors (Lipinski definition) is 1. The predicted molar refractivity (Wildman–Crippen MR) is 50.9 cm³/mol. The highest BCUT2D eigenvalue weighted by molar-refractivity contribution is 7.99. The summed E-state index contributed by atoms with van der Waals surface area (Å²) in [4.78, 5) is 0. The highest BCUT2D eigenvalue weighted by Gasteiger charge is 2.16. The van der Waals surface area contributed by atoms with Crippen LogP contribution in [0, 0.1) is 0 Å². The van der Waals surface area contributed by atoms with E-state index < -0.39 is 0 Å². The van der Waals surface area contributed by atoms with Gasteiger partial charge < -0.3 is 0 Å². The van der Waals surface area contributed by atoms with Crippen LogP contribution in [-0.2, 0) is 0 Å². The van der Waals surface area contributed by atoms with Crippen molar-refractivity contribution in [2.24, 2.45) is 0 Å². The molecule has 11 heavy (non-hydrogen) atoms. The maximum Gasteiger partial charge on any atom is 0.0297 e. The lowest BCUT2D eigenvalue weighted by Gasteiger charge is -2.06. The van der Waals surface area contributed by atoms with Crippen molar-refractivity contribution < 1.29 is 0 Å². The lowest BCUT2D eigenvalue weighted by molar-refractivity contribution is 0.829. The molecule has 0 radical (unpaired) electrons. The zero-order valence-corrected chi connectivity index (χ0v) is 7.31. The third-order valence-electron chi connectivity index (χ3n) is 2.10. The molecule has 0 bridgehead atoms. The van der Waals surface area contributed by atoms with E-state index in [1.54, 1.807) is 0 Å². The van der Waals surface area contributed by atoms with E-state index in [-0.39, 0.29) is 0 Å². The second-order valence-electron chi connectivity index (χ2n) is 2.91. The van der Waals surface area contributed by atoms with Crippen LogP contribution in [0.4, 0.5) is 0 Å². The average molecular weight is 164 g/mol. The summed E-state index contributed by atoms with van der Waals surface area (Å²) in [5, 5.41) is 0.788. The molecule has 1 unspecified atom stereocenters. The van der Waals surface area contributed by atoms with Gasteiger partial charge in [0.1, 0.15) is 0 Å². The molecule has 0 aromatic heterocycles. The van der Waals surface area contributed by atoms with Crippen LogP contribution in [0.25, 0.3) is 0 Å². The van der Waals surface area contributed by atoms with Crippen LogP contribution in [-0.4, -0.2) is 5.75 Å². The fourth-order valence-corrected chi connectivity index (χ4v) is 2.81. The Morgan fingerprint density at radius 2 is 2.00 bits per heavy atom. The minimum absolute atomic E-state index is 0.788. The van der Waals surface area contributed by atoms with Crippen LogP contribution in [0.3, 0.4) is 0 Å². The van der Waals surface area contributed by atoms with Crippen molar-refractivity contribution in [1.29, 1.82) is 0 Å². The van der Waals surface area contributed by atoms with Crippen molar-refractivity contribution in [3.05, 3.63) is 35.9 Å². The maximum atomic E-state index is 2.24. The van der Waals surface area contributed by atoms with Gasteiger partial charge in [-0.15, -0.1) is 0 Å². The first-order chi connectivity index (χ1) is 5.47. The Morgan fingerprint density at radius 1 is 1.18 bits per heavy atom. The normalized spacial score (nSPS) is 23.8. The van der Waals surface area contributed by atoms with E-state index in [0.717, 1.165) is 5.25 Å². The van der Waals surface area contributed by atoms with E-state index in [2.05, 4.69) is 42.1 Å². The molecule has 1 heteroatoms. The average Bonchev–Trinajstić information content (AvgIpc) is 2.58. The number of thioether (sulfide) groups is 1. The molecule has 1 saturated heterocycles. The van der Waals surface area contributed by atoms with Crippen molar-refractivity contribution in [3.63, 3.8) is 0 Å². The van der Waals surface area contributed by atoms with Gasteiger partial charge in [0.2, 0.25) is 0 Å². The van der Waals surface area contributed by atoms with Crippen LogP contribution in [0.2, 0.25) is 0 Å². The molecular weight excluding hydrogens is 152 g/mol. The minimum atomic E-state index is 0.788. The van der Waals surface area contributed by atoms with Gasteiger partial charge in [0.25, 0.3) is 0 Å². The molecule has 58 valence electrons. The van der Waals surface area contributed by atoms with E-state index in [4.69, 9.17) is 0 Å². The lowest BCUT2D eigenvalue weighted by Crippen LogP contribution is -1.85. The highest BCUT2D eigenvalue weighted by Crippen LogP contribution is 2.39. The zero-order valence-electron chi connectivity index (χ0n) is 6.49. The molecule has 1 heterocycles. The van der Waals surface area contributed by atoms with Gasteiger partial charge in [-0.3, -0.25) is 0 Å². The van der Waals surface area contributed by atoms with E-state index in [9.17, 15) is 0 Å². The monoisotopic (exact) mass is 164 g/mol. The number of hydrogen-bond donors (Lipinski definition) is 0. The third-order valence-corrected chi connectivity index (χ3v) is 3.54. The lowest BCUT2D eigenvalue weighted by atomic mass is 10.1. The van der Waals surface area contributed by atoms with Gasteiger partial charge in [0.15, 0.2) is 0 Å². The highest BCUT2D eigenvalue weighted by atomic mass is 32.2. The molecule has 1 atom stereocenters. The van der Waals surface area contributed by atoms with Crippen LogP contribution < -0.4 is 0 Å². The van der Waals surface area contributed by atoms with Gasteiger partial charge in [0.05, 0.1) is 0 Å². The van der Waals surface area contributed by atoms with Gasteiger partial charge in [-0.25, -0.2) is 0 Å². The summed E-state index contributed by atoms with van der Waals surface area (Å²) in [5.74, 6) is 1.35. The Labute approximate surface area is 72.0 Å². The fourth-order valence-electron chi connectivity index (χ4n) is 1.51.